The Kier molecular flexibility index (Phi) is 4.85. The smallest absolute Gasteiger partial charge is 0.273 e. The molecule has 7 heteroatoms. The molecule has 1 aliphatic carbocycles. The lowest BCUT2D eigenvalue weighted by Gasteiger charge is -2.26. The molecule has 1 aromatic rings. The van der Waals surface area contributed by atoms with Crippen LogP contribution in [0.1, 0.15) is 31.4 Å². The number of aliphatic hydroxyl groups excluding tert-OH is 1. The molecule has 3 N–H and O–H groups in total. The Labute approximate surface area is 119 Å². The van der Waals surface area contributed by atoms with E-state index in [1.165, 1.54) is 6.07 Å². The van der Waals surface area contributed by atoms with Crippen molar-refractivity contribution in [3.8, 4) is 0 Å². The molecule has 0 saturated heterocycles. The van der Waals surface area contributed by atoms with Gasteiger partial charge in [-0.25, -0.2) is 13.1 Å². The van der Waals surface area contributed by atoms with Gasteiger partial charge in [-0.05, 0) is 32.0 Å². The molecule has 0 radical (unpaired) electrons. The van der Waals surface area contributed by atoms with Crippen LogP contribution in [0.3, 0.4) is 0 Å². The largest absolute Gasteiger partial charge is 0.447 e. The Hall–Kier alpha value is -0.890. The highest BCUT2D eigenvalue weighted by molar-refractivity contribution is 7.89. The topological polar surface area (TPSA) is 91.6 Å². The summed E-state index contributed by atoms with van der Waals surface area (Å²) < 4.78 is 32.2. The summed E-state index contributed by atoms with van der Waals surface area (Å²) in [5.41, 5.74) is -0.312. The number of nitrogens with one attached hydrogen (secondary N) is 2. The van der Waals surface area contributed by atoms with Gasteiger partial charge in [0.05, 0.1) is 6.54 Å². The van der Waals surface area contributed by atoms with Gasteiger partial charge >= 0.3 is 0 Å². The molecule has 20 heavy (non-hydrogen) atoms. The van der Waals surface area contributed by atoms with Gasteiger partial charge in [-0.1, -0.05) is 12.8 Å². The molecule has 1 aromatic heterocycles. The van der Waals surface area contributed by atoms with E-state index in [4.69, 9.17) is 4.42 Å². The van der Waals surface area contributed by atoms with E-state index in [2.05, 4.69) is 10.0 Å². The Morgan fingerprint density at radius 2 is 2.05 bits per heavy atom. The van der Waals surface area contributed by atoms with Crippen LogP contribution in [-0.2, 0) is 16.6 Å². The first-order valence-electron chi connectivity index (χ1n) is 6.85. The zero-order valence-electron chi connectivity index (χ0n) is 11.7. The normalized spacial score (nSPS) is 18.5. The van der Waals surface area contributed by atoms with Crippen LogP contribution in [0, 0.1) is 5.41 Å². The summed E-state index contributed by atoms with van der Waals surface area (Å²) in [5, 5.41) is 12.3. The summed E-state index contributed by atoms with van der Waals surface area (Å²) in [6.07, 6.45) is 3.79. The summed E-state index contributed by atoms with van der Waals surface area (Å²) in [6, 6.07) is 3.09. The Morgan fingerprint density at radius 1 is 1.35 bits per heavy atom. The molecule has 0 aromatic carbocycles. The monoisotopic (exact) mass is 302 g/mol. The highest BCUT2D eigenvalue weighted by atomic mass is 32.2. The zero-order chi connectivity index (χ0) is 14.6. The average molecular weight is 302 g/mol. The molecule has 0 aliphatic heterocycles. The summed E-state index contributed by atoms with van der Waals surface area (Å²) in [7, 11) is -1.89. The molecule has 0 spiro atoms. The van der Waals surface area contributed by atoms with Crippen LogP contribution < -0.4 is 10.0 Å². The number of sulfonamides is 1. The molecule has 0 atom stereocenters. The van der Waals surface area contributed by atoms with Gasteiger partial charge in [0.25, 0.3) is 10.0 Å². The molecule has 0 amide bonds. The van der Waals surface area contributed by atoms with Crippen molar-refractivity contribution in [2.75, 3.05) is 20.2 Å². The van der Waals surface area contributed by atoms with Gasteiger partial charge < -0.3 is 14.8 Å². The van der Waals surface area contributed by atoms with Crippen LogP contribution in [-0.4, -0.2) is 33.7 Å². The van der Waals surface area contributed by atoms with Crippen molar-refractivity contribution in [3.05, 3.63) is 17.9 Å². The minimum atomic E-state index is -3.65. The first kappa shape index (κ1) is 15.5. The lowest BCUT2D eigenvalue weighted by Crippen LogP contribution is -2.38. The molecule has 1 saturated carbocycles. The predicted molar refractivity (Wildman–Crippen MR) is 74.6 cm³/mol. The molecule has 0 bridgehead atoms. The Balaban J connectivity index is 2.03. The van der Waals surface area contributed by atoms with E-state index in [1.807, 2.05) is 0 Å². The van der Waals surface area contributed by atoms with Gasteiger partial charge in [0.15, 0.2) is 0 Å². The highest BCUT2D eigenvalue weighted by Gasteiger charge is 2.34. The molecule has 114 valence electrons. The van der Waals surface area contributed by atoms with E-state index in [-0.39, 0.29) is 23.7 Å². The van der Waals surface area contributed by atoms with Crippen molar-refractivity contribution in [3.63, 3.8) is 0 Å². The molecule has 0 unspecified atom stereocenters. The molecule has 1 heterocycles. The van der Waals surface area contributed by atoms with Gasteiger partial charge in [0.2, 0.25) is 5.09 Å². The SMILES string of the molecule is CNCc1ccc(S(=O)(=O)NCC2(CO)CCCC2)o1. The number of hydrogen-bond donors (Lipinski definition) is 3. The maximum Gasteiger partial charge on any atom is 0.273 e. The molecular formula is C13H22N2O4S. The predicted octanol–water partition coefficient (Wildman–Crippen LogP) is 0.830. The molecule has 2 rings (SSSR count). The fraction of sp³-hybridized carbons (Fsp3) is 0.692. The second-order valence-electron chi connectivity index (χ2n) is 5.44. The van der Waals surface area contributed by atoms with Crippen LogP contribution in [0.4, 0.5) is 0 Å². The maximum atomic E-state index is 12.2. The van der Waals surface area contributed by atoms with Gasteiger partial charge in [-0.15, -0.1) is 0 Å². The first-order valence-corrected chi connectivity index (χ1v) is 8.33. The van der Waals surface area contributed by atoms with Gasteiger partial charge in [0.1, 0.15) is 5.76 Å². The van der Waals surface area contributed by atoms with E-state index in [0.717, 1.165) is 25.7 Å². The summed E-state index contributed by atoms with van der Waals surface area (Å²) >= 11 is 0. The van der Waals surface area contributed by atoms with Crippen LogP contribution in [0.5, 0.6) is 0 Å². The molecule has 1 fully saturated rings. The first-order chi connectivity index (χ1) is 9.51. The van der Waals surface area contributed by atoms with Crippen LogP contribution in [0.2, 0.25) is 0 Å². The molecule has 6 nitrogen and oxygen atoms in total. The Morgan fingerprint density at radius 3 is 2.65 bits per heavy atom. The van der Waals surface area contributed by atoms with E-state index in [0.29, 0.717) is 12.3 Å². The standard InChI is InChI=1S/C13H22N2O4S/c1-14-8-11-4-5-12(19-11)20(17,18)15-9-13(10-16)6-2-3-7-13/h4-5,14-16H,2-3,6-10H2,1H3. The maximum absolute atomic E-state index is 12.2. The highest BCUT2D eigenvalue weighted by Crippen LogP contribution is 2.37. The van der Waals surface area contributed by atoms with Gasteiger partial charge in [0, 0.05) is 18.6 Å². The van der Waals surface area contributed by atoms with Crippen LogP contribution >= 0.6 is 0 Å². The fourth-order valence-electron chi connectivity index (χ4n) is 2.61. The summed E-state index contributed by atoms with van der Waals surface area (Å²) in [5.74, 6) is 0.575. The lowest BCUT2D eigenvalue weighted by atomic mass is 9.88. The van der Waals surface area contributed by atoms with Crippen molar-refractivity contribution in [1.82, 2.24) is 10.0 Å². The van der Waals surface area contributed by atoms with Crippen molar-refractivity contribution >= 4 is 10.0 Å². The number of hydrogen-bond acceptors (Lipinski definition) is 5. The van der Waals surface area contributed by atoms with Crippen molar-refractivity contribution in [2.45, 2.75) is 37.3 Å². The van der Waals surface area contributed by atoms with E-state index >= 15 is 0 Å². The third-order valence-corrected chi connectivity index (χ3v) is 5.16. The summed E-state index contributed by atoms with van der Waals surface area (Å²) in [4.78, 5) is 0. The van der Waals surface area contributed by atoms with Crippen LogP contribution in [0.25, 0.3) is 0 Å². The second-order valence-corrected chi connectivity index (χ2v) is 7.14. The third-order valence-electron chi connectivity index (χ3n) is 3.89. The lowest BCUT2D eigenvalue weighted by molar-refractivity contribution is 0.134. The number of aliphatic hydroxyl groups is 1. The van der Waals surface area contributed by atoms with E-state index in [9.17, 15) is 13.5 Å². The minimum absolute atomic E-state index is 0.0126. The average Bonchev–Trinajstić information content (AvgIpc) is 3.07. The molecular weight excluding hydrogens is 280 g/mol. The van der Waals surface area contributed by atoms with Crippen molar-refractivity contribution in [2.24, 2.45) is 5.41 Å². The molecule has 1 aliphatic rings. The zero-order valence-corrected chi connectivity index (χ0v) is 12.5. The number of furan rings is 1. The quantitative estimate of drug-likeness (QED) is 0.694. The summed E-state index contributed by atoms with van der Waals surface area (Å²) in [6.45, 7) is 0.753. The van der Waals surface area contributed by atoms with Crippen molar-refractivity contribution < 1.29 is 17.9 Å². The van der Waals surface area contributed by atoms with E-state index < -0.39 is 10.0 Å². The second kappa shape index (κ2) is 6.26. The number of rotatable bonds is 7. The third kappa shape index (κ3) is 3.41. The van der Waals surface area contributed by atoms with Gasteiger partial charge in [-0.3, -0.25) is 0 Å². The van der Waals surface area contributed by atoms with Crippen LogP contribution in [0.15, 0.2) is 21.6 Å². The fourth-order valence-corrected chi connectivity index (χ4v) is 3.71. The Bertz CT molecular complexity index is 532. The minimum Gasteiger partial charge on any atom is -0.447 e. The van der Waals surface area contributed by atoms with Gasteiger partial charge in [-0.2, -0.15) is 0 Å². The van der Waals surface area contributed by atoms with Crippen molar-refractivity contribution in [1.29, 1.82) is 0 Å². The van der Waals surface area contributed by atoms with E-state index in [1.54, 1.807) is 13.1 Å².